The van der Waals surface area contributed by atoms with Gasteiger partial charge in [0.1, 0.15) is 11.5 Å². The van der Waals surface area contributed by atoms with E-state index in [1.54, 1.807) is 6.07 Å². The third kappa shape index (κ3) is 6.92. The Balaban J connectivity index is 1.11. The molecule has 5 rings (SSSR count). The summed E-state index contributed by atoms with van der Waals surface area (Å²) in [5, 5.41) is 6.98. The number of aromatic nitrogens is 1. The third-order valence-corrected chi connectivity index (χ3v) is 7.97. The summed E-state index contributed by atoms with van der Waals surface area (Å²) >= 11 is 6.38. The molecular weight excluding hydrogens is 484 g/mol. The standard InChI is InChI=1S/C29H37ClN6O/c30-26-6-2-1-5-24(26)22-34-17-11-25(12-18-34)35-15-4-16-36(20-19-35)28-8-3-7-27(33-28)29(37)32-21-23-9-13-31-14-10-23/h1-3,5-10,13,25,31H,4,11-12,14-22H2,(H,32,37). The summed E-state index contributed by atoms with van der Waals surface area (Å²) in [6, 6.07) is 14.6. The molecule has 3 aliphatic rings. The Kier molecular flexibility index (Phi) is 8.76. The predicted octanol–water partition coefficient (Wildman–Crippen LogP) is 3.68. The second kappa shape index (κ2) is 12.6. The Bertz CT molecular complexity index is 1130. The van der Waals surface area contributed by atoms with Gasteiger partial charge in [0.2, 0.25) is 0 Å². The molecule has 8 heteroatoms. The van der Waals surface area contributed by atoms with Crippen molar-refractivity contribution >= 4 is 23.3 Å². The van der Waals surface area contributed by atoms with Crippen molar-refractivity contribution in [1.82, 2.24) is 25.4 Å². The number of amides is 1. The van der Waals surface area contributed by atoms with Gasteiger partial charge in [-0.1, -0.05) is 41.9 Å². The van der Waals surface area contributed by atoms with Crippen molar-refractivity contribution in [2.24, 2.45) is 0 Å². The molecule has 0 atom stereocenters. The average Bonchev–Trinajstić information content (AvgIpc) is 3.21. The Morgan fingerprint density at radius 1 is 1.03 bits per heavy atom. The summed E-state index contributed by atoms with van der Waals surface area (Å²) in [7, 11) is 0. The third-order valence-electron chi connectivity index (χ3n) is 7.60. The summed E-state index contributed by atoms with van der Waals surface area (Å²) in [5.74, 6) is 0.764. The lowest BCUT2D eigenvalue weighted by Crippen LogP contribution is -2.46. The second-order valence-corrected chi connectivity index (χ2v) is 10.5. The van der Waals surface area contributed by atoms with Crippen LogP contribution in [0, 0.1) is 0 Å². The fourth-order valence-corrected chi connectivity index (χ4v) is 5.66. The molecule has 0 unspecified atom stereocenters. The number of hydrogen-bond donors (Lipinski definition) is 2. The number of benzene rings is 1. The number of dihydropyridines is 1. The van der Waals surface area contributed by atoms with Crippen molar-refractivity contribution in [2.75, 3.05) is 57.3 Å². The number of anilines is 1. The number of halogens is 1. The average molecular weight is 521 g/mol. The molecule has 196 valence electrons. The topological polar surface area (TPSA) is 63.7 Å². The minimum absolute atomic E-state index is 0.130. The molecule has 0 aliphatic carbocycles. The van der Waals surface area contributed by atoms with Crippen LogP contribution in [0.3, 0.4) is 0 Å². The zero-order chi connectivity index (χ0) is 25.5. The fraction of sp³-hybridized carbons (Fsp3) is 0.448. The summed E-state index contributed by atoms with van der Waals surface area (Å²) in [6.07, 6.45) is 9.47. The van der Waals surface area contributed by atoms with Crippen molar-refractivity contribution in [3.8, 4) is 0 Å². The van der Waals surface area contributed by atoms with Gasteiger partial charge in [-0.3, -0.25) is 14.6 Å². The number of nitrogens with one attached hydrogen (secondary N) is 2. The minimum atomic E-state index is -0.130. The molecule has 1 aromatic carbocycles. The molecule has 2 N–H and O–H groups in total. The van der Waals surface area contributed by atoms with Crippen LogP contribution in [0.1, 0.15) is 35.3 Å². The highest BCUT2D eigenvalue weighted by Crippen LogP contribution is 2.23. The summed E-state index contributed by atoms with van der Waals surface area (Å²) in [4.78, 5) is 25.0. The Labute approximate surface area is 225 Å². The van der Waals surface area contributed by atoms with Gasteiger partial charge >= 0.3 is 0 Å². The van der Waals surface area contributed by atoms with E-state index in [-0.39, 0.29) is 5.91 Å². The maximum Gasteiger partial charge on any atom is 0.270 e. The quantitative estimate of drug-likeness (QED) is 0.580. The maximum atomic E-state index is 12.7. The van der Waals surface area contributed by atoms with Crippen molar-refractivity contribution in [2.45, 2.75) is 31.8 Å². The Morgan fingerprint density at radius 3 is 2.70 bits per heavy atom. The molecule has 7 nitrogen and oxygen atoms in total. The number of pyridine rings is 1. The molecule has 4 heterocycles. The zero-order valence-electron chi connectivity index (χ0n) is 21.4. The molecule has 2 fully saturated rings. The minimum Gasteiger partial charge on any atom is -0.387 e. The Morgan fingerprint density at radius 2 is 1.89 bits per heavy atom. The van der Waals surface area contributed by atoms with Crippen LogP contribution in [0.5, 0.6) is 0 Å². The number of carbonyl (C=O) groups excluding carboxylic acids is 1. The summed E-state index contributed by atoms with van der Waals surface area (Å²) in [5.41, 5.74) is 2.80. The van der Waals surface area contributed by atoms with Crippen molar-refractivity contribution in [3.05, 3.63) is 82.7 Å². The van der Waals surface area contributed by atoms with Gasteiger partial charge in [-0.15, -0.1) is 0 Å². The van der Waals surface area contributed by atoms with Crippen LogP contribution in [0.15, 0.2) is 66.4 Å². The van der Waals surface area contributed by atoms with Gasteiger partial charge in [0.05, 0.1) is 0 Å². The zero-order valence-corrected chi connectivity index (χ0v) is 22.2. The lowest BCUT2D eigenvalue weighted by atomic mass is 10.0. The maximum absolute atomic E-state index is 12.7. The number of likely N-dealkylation sites (tertiary alicyclic amines) is 1. The van der Waals surface area contributed by atoms with Gasteiger partial charge in [-0.25, -0.2) is 4.98 Å². The lowest BCUT2D eigenvalue weighted by Gasteiger charge is -2.38. The molecule has 2 saturated heterocycles. The van der Waals surface area contributed by atoms with E-state index < -0.39 is 0 Å². The van der Waals surface area contributed by atoms with Crippen molar-refractivity contribution in [3.63, 3.8) is 0 Å². The van der Waals surface area contributed by atoms with E-state index in [0.717, 1.165) is 75.2 Å². The van der Waals surface area contributed by atoms with Gasteiger partial charge in [-0.2, -0.15) is 0 Å². The normalized spacial score (nSPS) is 19.7. The lowest BCUT2D eigenvalue weighted by molar-refractivity contribution is 0.0952. The number of piperidine rings is 1. The molecule has 37 heavy (non-hydrogen) atoms. The number of hydrogen-bond acceptors (Lipinski definition) is 6. The number of nitrogens with zero attached hydrogens (tertiary/aromatic N) is 4. The first-order chi connectivity index (χ1) is 18.2. The molecule has 3 aliphatic heterocycles. The molecule has 0 bridgehead atoms. The van der Waals surface area contributed by atoms with Crippen LogP contribution in [-0.4, -0.2) is 79.1 Å². The predicted molar refractivity (Wildman–Crippen MR) is 150 cm³/mol. The largest absolute Gasteiger partial charge is 0.387 e. The van der Waals surface area contributed by atoms with E-state index in [1.165, 1.54) is 18.4 Å². The fourth-order valence-electron chi connectivity index (χ4n) is 5.46. The highest BCUT2D eigenvalue weighted by Gasteiger charge is 2.27. The van der Waals surface area contributed by atoms with E-state index in [9.17, 15) is 4.79 Å². The molecule has 0 spiro atoms. The van der Waals surface area contributed by atoms with Gasteiger partial charge < -0.3 is 15.5 Å². The van der Waals surface area contributed by atoms with Crippen LogP contribution in [0.4, 0.5) is 5.82 Å². The monoisotopic (exact) mass is 520 g/mol. The number of carbonyl (C=O) groups is 1. The van der Waals surface area contributed by atoms with Crippen molar-refractivity contribution < 1.29 is 4.79 Å². The first-order valence-electron chi connectivity index (χ1n) is 13.4. The summed E-state index contributed by atoms with van der Waals surface area (Å²) < 4.78 is 0. The van der Waals surface area contributed by atoms with Crippen LogP contribution in [0.25, 0.3) is 0 Å². The van der Waals surface area contributed by atoms with Crippen LogP contribution in [0.2, 0.25) is 5.02 Å². The van der Waals surface area contributed by atoms with Gasteiger partial charge in [0, 0.05) is 56.9 Å². The first-order valence-corrected chi connectivity index (χ1v) is 13.8. The van der Waals surface area contributed by atoms with Gasteiger partial charge in [0.15, 0.2) is 0 Å². The van der Waals surface area contributed by atoms with Crippen LogP contribution >= 0.6 is 11.6 Å². The molecule has 0 radical (unpaired) electrons. The molecule has 0 saturated carbocycles. The van der Waals surface area contributed by atoms with E-state index in [2.05, 4.69) is 43.5 Å². The first kappa shape index (κ1) is 25.8. The molecular formula is C29H37ClN6O. The highest BCUT2D eigenvalue weighted by molar-refractivity contribution is 6.31. The smallest absolute Gasteiger partial charge is 0.270 e. The van der Waals surface area contributed by atoms with Gasteiger partial charge in [-0.05, 0) is 74.0 Å². The van der Waals surface area contributed by atoms with E-state index >= 15 is 0 Å². The van der Waals surface area contributed by atoms with E-state index in [1.807, 2.05) is 36.5 Å². The van der Waals surface area contributed by atoms with E-state index in [0.29, 0.717) is 18.3 Å². The van der Waals surface area contributed by atoms with Crippen LogP contribution < -0.4 is 15.5 Å². The van der Waals surface area contributed by atoms with E-state index in [4.69, 9.17) is 16.6 Å². The Hall–Kier alpha value is -2.87. The molecule has 1 amide bonds. The van der Waals surface area contributed by atoms with Crippen LogP contribution in [-0.2, 0) is 6.54 Å². The highest BCUT2D eigenvalue weighted by atomic mass is 35.5. The SMILES string of the molecule is O=C(NCC1=CCNC=C1)c1cccc(N2CCCN(C3CCN(Cc4ccccc4Cl)CC3)CC2)n1. The van der Waals surface area contributed by atoms with Crippen molar-refractivity contribution in [1.29, 1.82) is 0 Å². The second-order valence-electron chi connectivity index (χ2n) is 10.1. The summed E-state index contributed by atoms with van der Waals surface area (Å²) in [6.45, 7) is 8.50. The molecule has 2 aromatic rings. The van der Waals surface area contributed by atoms with Gasteiger partial charge in [0.25, 0.3) is 5.91 Å². The number of rotatable bonds is 7. The molecule has 1 aromatic heterocycles.